The van der Waals surface area contributed by atoms with Crippen LogP contribution in [0.15, 0.2) is 48.5 Å². The third kappa shape index (κ3) is 3.71. The maximum atomic E-state index is 5.76. The highest BCUT2D eigenvalue weighted by atomic mass is 32.1. The van der Waals surface area contributed by atoms with Crippen LogP contribution < -0.4 is 15.2 Å². The highest BCUT2D eigenvalue weighted by molar-refractivity contribution is 7.80. The number of hydrogen-bond acceptors (Lipinski definition) is 3. The van der Waals surface area contributed by atoms with E-state index in [0.717, 1.165) is 12.0 Å². The van der Waals surface area contributed by atoms with Crippen molar-refractivity contribution < 1.29 is 9.47 Å². The maximum absolute atomic E-state index is 5.76. The van der Waals surface area contributed by atoms with E-state index in [0.29, 0.717) is 23.1 Å². The summed E-state index contributed by atoms with van der Waals surface area (Å²) in [6.45, 7) is 0.590. The lowest BCUT2D eigenvalue weighted by Crippen LogP contribution is -2.10. The van der Waals surface area contributed by atoms with Gasteiger partial charge in [-0.05, 0) is 23.8 Å². The smallest absolute Gasteiger partial charge is 0.161 e. The van der Waals surface area contributed by atoms with Crippen molar-refractivity contribution in [3.8, 4) is 11.5 Å². The van der Waals surface area contributed by atoms with E-state index in [1.54, 1.807) is 13.2 Å². The predicted molar refractivity (Wildman–Crippen MR) is 84.5 cm³/mol. The summed E-state index contributed by atoms with van der Waals surface area (Å²) in [5, 5.41) is 0. The monoisotopic (exact) mass is 287 g/mol. The number of methoxy groups -OCH3 is 1. The van der Waals surface area contributed by atoms with E-state index < -0.39 is 0 Å². The van der Waals surface area contributed by atoms with Gasteiger partial charge in [0, 0.05) is 12.0 Å². The van der Waals surface area contributed by atoms with Crippen LogP contribution in [0.5, 0.6) is 11.5 Å². The fraction of sp³-hybridized carbons (Fsp3) is 0.188. The maximum Gasteiger partial charge on any atom is 0.161 e. The minimum atomic E-state index is 0.346. The van der Waals surface area contributed by atoms with Gasteiger partial charge < -0.3 is 15.2 Å². The minimum absolute atomic E-state index is 0.346. The van der Waals surface area contributed by atoms with Crippen LogP contribution >= 0.6 is 12.2 Å². The first-order chi connectivity index (χ1) is 9.70. The van der Waals surface area contributed by atoms with Gasteiger partial charge in [-0.2, -0.15) is 0 Å². The molecule has 0 amide bonds. The molecular formula is C16H17NO2S. The van der Waals surface area contributed by atoms with Crippen molar-refractivity contribution in [1.29, 1.82) is 0 Å². The summed E-state index contributed by atoms with van der Waals surface area (Å²) in [5.41, 5.74) is 7.61. The van der Waals surface area contributed by atoms with Crippen LogP contribution in [0.2, 0.25) is 0 Å². The molecule has 0 atom stereocenters. The van der Waals surface area contributed by atoms with Crippen LogP contribution in [0.4, 0.5) is 0 Å². The van der Waals surface area contributed by atoms with Gasteiger partial charge in [0.25, 0.3) is 0 Å². The summed E-state index contributed by atoms with van der Waals surface area (Å²) in [4.78, 5) is 0.346. The van der Waals surface area contributed by atoms with Crippen LogP contribution in [0.25, 0.3) is 0 Å². The lowest BCUT2D eigenvalue weighted by Gasteiger charge is -2.12. The highest BCUT2D eigenvalue weighted by Crippen LogP contribution is 2.28. The van der Waals surface area contributed by atoms with E-state index in [4.69, 9.17) is 27.4 Å². The number of benzene rings is 2. The van der Waals surface area contributed by atoms with Crippen LogP contribution in [0.3, 0.4) is 0 Å². The molecule has 2 aromatic carbocycles. The van der Waals surface area contributed by atoms with Crippen molar-refractivity contribution in [3.63, 3.8) is 0 Å². The Kier molecular flexibility index (Phi) is 4.96. The van der Waals surface area contributed by atoms with Gasteiger partial charge in [-0.1, -0.05) is 42.5 Å². The molecule has 4 heteroatoms. The van der Waals surface area contributed by atoms with E-state index in [1.807, 2.05) is 30.3 Å². The molecule has 0 fully saturated rings. The Morgan fingerprint density at radius 2 is 1.85 bits per heavy atom. The van der Waals surface area contributed by atoms with Gasteiger partial charge in [-0.15, -0.1) is 0 Å². The van der Waals surface area contributed by atoms with Crippen LogP contribution in [0, 0.1) is 0 Å². The first kappa shape index (κ1) is 14.3. The molecule has 3 nitrogen and oxygen atoms in total. The largest absolute Gasteiger partial charge is 0.493 e. The van der Waals surface area contributed by atoms with Gasteiger partial charge >= 0.3 is 0 Å². The number of thiocarbonyl (C=S) groups is 1. The second-order valence-corrected chi connectivity index (χ2v) is 4.75. The first-order valence-corrected chi connectivity index (χ1v) is 6.76. The summed E-state index contributed by atoms with van der Waals surface area (Å²) >= 11 is 4.95. The van der Waals surface area contributed by atoms with Crippen LogP contribution in [-0.4, -0.2) is 18.7 Å². The molecule has 0 aliphatic carbocycles. The molecule has 104 valence electrons. The molecular weight excluding hydrogens is 270 g/mol. The molecule has 0 heterocycles. The van der Waals surface area contributed by atoms with E-state index in [1.165, 1.54) is 5.56 Å². The lowest BCUT2D eigenvalue weighted by molar-refractivity contribution is 0.297. The molecule has 2 aromatic rings. The van der Waals surface area contributed by atoms with Crippen molar-refractivity contribution in [3.05, 3.63) is 59.7 Å². The molecule has 0 spiro atoms. The summed E-state index contributed by atoms with van der Waals surface area (Å²) < 4.78 is 11.1. The molecule has 0 radical (unpaired) electrons. The van der Waals surface area contributed by atoms with E-state index in [9.17, 15) is 0 Å². The molecule has 0 saturated carbocycles. The molecule has 0 aliphatic rings. The summed E-state index contributed by atoms with van der Waals surface area (Å²) in [6.07, 6.45) is 0.848. The number of nitrogens with two attached hydrogens (primary N) is 1. The fourth-order valence-corrected chi connectivity index (χ4v) is 1.99. The quantitative estimate of drug-likeness (QED) is 0.830. The Balaban J connectivity index is 2.00. The van der Waals surface area contributed by atoms with Gasteiger partial charge in [0.05, 0.1) is 13.7 Å². The van der Waals surface area contributed by atoms with Crippen LogP contribution in [-0.2, 0) is 6.42 Å². The van der Waals surface area contributed by atoms with Gasteiger partial charge in [0.15, 0.2) is 11.5 Å². The molecule has 2 N–H and O–H groups in total. The number of hydrogen-bond donors (Lipinski definition) is 1. The van der Waals surface area contributed by atoms with Crippen molar-refractivity contribution in [2.75, 3.05) is 13.7 Å². The fourth-order valence-electron chi connectivity index (χ4n) is 1.86. The molecule has 0 aliphatic heterocycles. The third-order valence-electron chi connectivity index (χ3n) is 2.94. The Bertz CT molecular complexity index is 584. The van der Waals surface area contributed by atoms with Gasteiger partial charge in [-0.25, -0.2) is 0 Å². The first-order valence-electron chi connectivity index (χ1n) is 6.35. The topological polar surface area (TPSA) is 44.5 Å². The predicted octanol–water partition coefficient (Wildman–Crippen LogP) is 2.95. The van der Waals surface area contributed by atoms with E-state index >= 15 is 0 Å². The number of rotatable bonds is 6. The molecule has 0 unspecified atom stereocenters. The molecule has 20 heavy (non-hydrogen) atoms. The molecule has 0 aromatic heterocycles. The average molecular weight is 287 g/mol. The normalized spacial score (nSPS) is 10.1. The highest BCUT2D eigenvalue weighted by Gasteiger charge is 2.07. The summed E-state index contributed by atoms with van der Waals surface area (Å²) in [5.74, 6) is 1.34. The summed E-state index contributed by atoms with van der Waals surface area (Å²) in [7, 11) is 1.60. The summed E-state index contributed by atoms with van der Waals surface area (Å²) in [6, 6.07) is 15.7. The zero-order valence-electron chi connectivity index (χ0n) is 11.3. The molecule has 0 saturated heterocycles. The second kappa shape index (κ2) is 6.91. The Labute approximate surface area is 124 Å². The Hall–Kier alpha value is -2.07. The Morgan fingerprint density at radius 1 is 1.10 bits per heavy atom. The van der Waals surface area contributed by atoms with Gasteiger partial charge in [0.2, 0.25) is 0 Å². The van der Waals surface area contributed by atoms with Crippen molar-refractivity contribution in [1.82, 2.24) is 0 Å². The van der Waals surface area contributed by atoms with Gasteiger partial charge in [0.1, 0.15) is 4.99 Å². The SMILES string of the molecule is COc1cc(C(N)=S)ccc1OCCc1ccccc1. The van der Waals surface area contributed by atoms with Gasteiger partial charge in [-0.3, -0.25) is 0 Å². The Morgan fingerprint density at radius 3 is 2.50 bits per heavy atom. The minimum Gasteiger partial charge on any atom is -0.493 e. The van der Waals surface area contributed by atoms with Crippen molar-refractivity contribution in [2.45, 2.75) is 6.42 Å². The molecule has 2 rings (SSSR count). The average Bonchev–Trinajstić information content (AvgIpc) is 2.48. The van der Waals surface area contributed by atoms with Crippen molar-refractivity contribution in [2.24, 2.45) is 5.73 Å². The lowest BCUT2D eigenvalue weighted by atomic mass is 10.2. The van der Waals surface area contributed by atoms with Crippen LogP contribution in [0.1, 0.15) is 11.1 Å². The van der Waals surface area contributed by atoms with E-state index in [2.05, 4.69) is 12.1 Å². The second-order valence-electron chi connectivity index (χ2n) is 4.31. The number of ether oxygens (including phenoxy) is 2. The van der Waals surface area contributed by atoms with Crippen molar-refractivity contribution >= 4 is 17.2 Å². The third-order valence-corrected chi connectivity index (χ3v) is 3.17. The standard InChI is InChI=1S/C16H17NO2S/c1-18-15-11-13(16(17)20)7-8-14(15)19-10-9-12-5-3-2-4-6-12/h2-8,11H,9-10H2,1H3,(H2,17,20). The molecule has 0 bridgehead atoms. The zero-order chi connectivity index (χ0) is 14.4. The van der Waals surface area contributed by atoms with E-state index in [-0.39, 0.29) is 0 Å². The zero-order valence-corrected chi connectivity index (χ0v) is 12.2.